The van der Waals surface area contributed by atoms with Gasteiger partial charge in [0.05, 0.1) is 24.0 Å². The van der Waals surface area contributed by atoms with Crippen molar-refractivity contribution < 1.29 is 24.2 Å². The minimum absolute atomic E-state index is 0.0725. The molecular formula is C26H34N4O5. The first kappa shape index (κ1) is 23.5. The van der Waals surface area contributed by atoms with Gasteiger partial charge in [0, 0.05) is 42.0 Å². The Morgan fingerprint density at radius 2 is 1.89 bits per heavy atom. The highest BCUT2D eigenvalue weighted by Crippen LogP contribution is 2.44. The third-order valence-corrected chi connectivity index (χ3v) is 7.09. The van der Waals surface area contributed by atoms with Gasteiger partial charge in [-0.2, -0.15) is 5.10 Å². The van der Waals surface area contributed by atoms with Crippen LogP contribution in [0.1, 0.15) is 65.0 Å². The van der Waals surface area contributed by atoms with Crippen LogP contribution in [0.5, 0.6) is 5.75 Å². The summed E-state index contributed by atoms with van der Waals surface area (Å²) in [5, 5.41) is 14.4. The standard InChI is InChI=1S/C26H34N4O5/c1-16-8-9-21-22(30(16)24(31)32)11-10-20(23(21)34-19-6-5-7-19)17-12-27-29(13-17)18-14-28(15-18)25(33)35-26(2,3)4/h10-13,16,18-19H,5-9,14-15H2,1-4H3,(H,31,32)/t16-/m0/s1. The van der Waals surface area contributed by atoms with Crippen LogP contribution in [0.15, 0.2) is 24.5 Å². The molecule has 0 bridgehead atoms. The lowest BCUT2D eigenvalue weighted by molar-refractivity contribution is -0.000387. The molecule has 2 aromatic rings. The van der Waals surface area contributed by atoms with Gasteiger partial charge in [-0.1, -0.05) is 0 Å². The third kappa shape index (κ3) is 4.56. The zero-order chi connectivity index (χ0) is 24.9. The Morgan fingerprint density at radius 1 is 1.14 bits per heavy atom. The number of likely N-dealkylation sites (tertiary alicyclic amines) is 1. The number of carbonyl (C=O) groups is 2. The van der Waals surface area contributed by atoms with E-state index < -0.39 is 11.7 Å². The second-order valence-electron chi connectivity index (χ2n) is 10.9. The highest BCUT2D eigenvalue weighted by Gasteiger charge is 2.36. The number of benzene rings is 1. The van der Waals surface area contributed by atoms with Gasteiger partial charge < -0.3 is 19.5 Å². The molecule has 2 amide bonds. The Labute approximate surface area is 205 Å². The molecule has 1 atom stereocenters. The number of aromatic nitrogens is 2. The first-order chi connectivity index (χ1) is 16.6. The van der Waals surface area contributed by atoms with E-state index in [-0.39, 0.29) is 24.3 Å². The topological polar surface area (TPSA) is 97.1 Å². The number of hydrogen-bond acceptors (Lipinski definition) is 5. The minimum atomic E-state index is -0.937. The van der Waals surface area contributed by atoms with Gasteiger partial charge in [-0.15, -0.1) is 0 Å². The predicted octanol–water partition coefficient (Wildman–Crippen LogP) is 5.09. The Balaban J connectivity index is 1.40. The van der Waals surface area contributed by atoms with Crippen LogP contribution in [0.4, 0.5) is 15.3 Å². The molecule has 188 valence electrons. The Hall–Kier alpha value is -3.23. The van der Waals surface area contributed by atoms with Crippen molar-refractivity contribution in [1.82, 2.24) is 14.7 Å². The number of rotatable bonds is 4. The Kier molecular flexibility index (Phi) is 5.89. The lowest BCUT2D eigenvalue weighted by atomic mass is 9.91. The molecule has 3 aliphatic rings. The summed E-state index contributed by atoms with van der Waals surface area (Å²) < 4.78 is 13.8. The number of carbonyl (C=O) groups excluding carboxylic acids is 1. The fraction of sp³-hybridized carbons (Fsp3) is 0.577. The first-order valence-corrected chi connectivity index (χ1v) is 12.5. The number of fused-ring (bicyclic) bond motifs is 1. The van der Waals surface area contributed by atoms with Crippen LogP contribution in [0.3, 0.4) is 0 Å². The second kappa shape index (κ2) is 8.77. The number of hydrogen-bond donors (Lipinski definition) is 1. The number of amides is 2. The van der Waals surface area contributed by atoms with E-state index in [1.165, 1.54) is 4.90 Å². The van der Waals surface area contributed by atoms with E-state index in [1.807, 2.05) is 56.9 Å². The normalized spacial score (nSPS) is 20.6. The van der Waals surface area contributed by atoms with Crippen molar-refractivity contribution in [1.29, 1.82) is 0 Å². The molecule has 1 saturated heterocycles. The van der Waals surface area contributed by atoms with Crippen molar-refractivity contribution in [3.8, 4) is 16.9 Å². The maximum absolute atomic E-state index is 12.3. The van der Waals surface area contributed by atoms with E-state index >= 15 is 0 Å². The van der Waals surface area contributed by atoms with Crippen molar-refractivity contribution in [2.75, 3.05) is 18.0 Å². The summed E-state index contributed by atoms with van der Waals surface area (Å²) in [6.45, 7) is 8.63. The van der Waals surface area contributed by atoms with E-state index in [4.69, 9.17) is 9.47 Å². The molecule has 1 saturated carbocycles. The van der Waals surface area contributed by atoms with Crippen LogP contribution in [0, 0.1) is 0 Å². The van der Waals surface area contributed by atoms with Crippen LogP contribution in [0.25, 0.3) is 11.1 Å². The minimum Gasteiger partial charge on any atom is -0.489 e. The molecule has 1 aliphatic carbocycles. The number of ether oxygens (including phenoxy) is 2. The summed E-state index contributed by atoms with van der Waals surface area (Å²) in [5.74, 6) is 0.786. The molecule has 35 heavy (non-hydrogen) atoms. The Morgan fingerprint density at radius 3 is 2.51 bits per heavy atom. The second-order valence-corrected chi connectivity index (χ2v) is 10.9. The van der Waals surface area contributed by atoms with Gasteiger partial charge in [0.2, 0.25) is 0 Å². The zero-order valence-corrected chi connectivity index (χ0v) is 20.9. The molecule has 1 aromatic heterocycles. The largest absolute Gasteiger partial charge is 0.489 e. The number of carboxylic acid groups (broad SMARTS) is 1. The van der Waals surface area contributed by atoms with Gasteiger partial charge in [0.15, 0.2) is 0 Å². The molecule has 5 rings (SSSR count). The molecule has 0 unspecified atom stereocenters. The fourth-order valence-corrected chi connectivity index (χ4v) is 4.89. The zero-order valence-electron chi connectivity index (χ0n) is 20.9. The molecule has 3 heterocycles. The van der Waals surface area contributed by atoms with Crippen LogP contribution < -0.4 is 9.64 Å². The lowest BCUT2D eigenvalue weighted by Crippen LogP contribution is -2.52. The van der Waals surface area contributed by atoms with Crippen molar-refractivity contribution in [3.63, 3.8) is 0 Å². The summed E-state index contributed by atoms with van der Waals surface area (Å²) in [6.07, 6.45) is 7.47. The van der Waals surface area contributed by atoms with E-state index in [9.17, 15) is 14.7 Å². The van der Waals surface area contributed by atoms with Gasteiger partial charge in [-0.25, -0.2) is 9.59 Å². The van der Waals surface area contributed by atoms with E-state index in [1.54, 1.807) is 4.90 Å². The maximum atomic E-state index is 12.3. The molecule has 1 N–H and O–H groups in total. The summed E-state index contributed by atoms with van der Waals surface area (Å²) in [5.41, 5.74) is 3.03. The van der Waals surface area contributed by atoms with Gasteiger partial charge in [-0.05, 0) is 71.9 Å². The maximum Gasteiger partial charge on any atom is 0.412 e. The molecule has 2 aliphatic heterocycles. The molecule has 9 heteroatoms. The van der Waals surface area contributed by atoms with Crippen molar-refractivity contribution in [2.45, 2.75) is 83.6 Å². The van der Waals surface area contributed by atoms with Crippen molar-refractivity contribution in [2.24, 2.45) is 0 Å². The highest BCUT2D eigenvalue weighted by atomic mass is 16.6. The summed E-state index contributed by atoms with van der Waals surface area (Å²) >= 11 is 0. The Bertz CT molecular complexity index is 1130. The summed E-state index contributed by atoms with van der Waals surface area (Å²) in [6, 6.07) is 3.87. The van der Waals surface area contributed by atoms with E-state index in [0.717, 1.165) is 54.5 Å². The summed E-state index contributed by atoms with van der Waals surface area (Å²) in [4.78, 5) is 27.4. The van der Waals surface area contributed by atoms with Gasteiger partial charge in [-0.3, -0.25) is 9.58 Å². The molecule has 0 radical (unpaired) electrons. The van der Waals surface area contributed by atoms with Gasteiger partial charge >= 0.3 is 12.2 Å². The highest BCUT2D eigenvalue weighted by molar-refractivity contribution is 5.91. The van der Waals surface area contributed by atoms with E-state index in [2.05, 4.69) is 5.10 Å². The fourth-order valence-electron chi connectivity index (χ4n) is 4.89. The predicted molar refractivity (Wildman–Crippen MR) is 131 cm³/mol. The van der Waals surface area contributed by atoms with Crippen LogP contribution in [-0.4, -0.2) is 62.8 Å². The molecule has 0 spiro atoms. The molecule has 9 nitrogen and oxygen atoms in total. The monoisotopic (exact) mass is 482 g/mol. The quantitative estimate of drug-likeness (QED) is 0.652. The van der Waals surface area contributed by atoms with Crippen LogP contribution in [0.2, 0.25) is 0 Å². The van der Waals surface area contributed by atoms with Crippen molar-refractivity contribution in [3.05, 3.63) is 30.1 Å². The number of nitrogens with zero attached hydrogens (tertiary/aromatic N) is 4. The van der Waals surface area contributed by atoms with Gasteiger partial charge in [0.25, 0.3) is 0 Å². The smallest absolute Gasteiger partial charge is 0.412 e. The van der Waals surface area contributed by atoms with E-state index in [0.29, 0.717) is 18.8 Å². The van der Waals surface area contributed by atoms with Crippen molar-refractivity contribution >= 4 is 17.9 Å². The van der Waals surface area contributed by atoms with Crippen LogP contribution >= 0.6 is 0 Å². The summed E-state index contributed by atoms with van der Waals surface area (Å²) in [7, 11) is 0. The number of anilines is 1. The first-order valence-electron chi connectivity index (χ1n) is 12.5. The average Bonchev–Trinajstić information content (AvgIpc) is 3.16. The molecule has 2 fully saturated rings. The van der Waals surface area contributed by atoms with Gasteiger partial charge in [0.1, 0.15) is 11.4 Å². The molecule has 1 aromatic carbocycles. The molecular weight excluding hydrogens is 448 g/mol. The SMILES string of the molecule is C[C@H]1CCc2c(ccc(-c3cnn(C4CN(C(=O)OC(C)(C)C)C4)c3)c2OC2CCC2)N1C(=O)O. The van der Waals surface area contributed by atoms with Crippen LogP contribution in [-0.2, 0) is 11.2 Å². The average molecular weight is 483 g/mol. The third-order valence-electron chi connectivity index (χ3n) is 7.09. The lowest BCUT2D eigenvalue weighted by Gasteiger charge is -2.39.